The lowest BCUT2D eigenvalue weighted by atomic mass is 10.0. The van der Waals surface area contributed by atoms with E-state index in [9.17, 15) is 43.7 Å². The molecule has 0 saturated heterocycles. The first-order chi connectivity index (χ1) is 34.3. The van der Waals surface area contributed by atoms with E-state index in [0.717, 1.165) is 83.3 Å². The fraction of sp³-hybridized carbons (Fsp3) is 0.927. The third-order valence-corrected chi connectivity index (χ3v) is 13.7. The number of hydrogen-bond donors (Lipinski definition) is 7. The molecule has 0 radical (unpaired) electrons. The number of rotatable bonds is 55. The molecule has 420 valence electrons. The maximum absolute atomic E-state index is 13.4. The minimum atomic E-state index is -4.82. The van der Waals surface area contributed by atoms with Crippen LogP contribution in [0.4, 0.5) is 0 Å². The van der Waals surface area contributed by atoms with E-state index in [1.165, 1.54) is 109 Å². The van der Waals surface area contributed by atoms with Gasteiger partial charge >= 0.3 is 19.8 Å². The highest BCUT2D eigenvalue weighted by molar-refractivity contribution is 7.46. The fourth-order valence-electron chi connectivity index (χ4n) is 8.89. The number of aliphatic hydroxyl groups is 2. The van der Waals surface area contributed by atoms with E-state index in [2.05, 4.69) is 41.2 Å². The van der Waals surface area contributed by atoms with Crippen molar-refractivity contribution in [3.8, 4) is 0 Å². The first kappa shape index (κ1) is 69.0. The van der Waals surface area contributed by atoms with Crippen LogP contribution in [0.5, 0.6) is 0 Å². The highest BCUT2D eigenvalue weighted by Gasteiger charge is 2.27. The van der Waals surface area contributed by atoms with Crippen LogP contribution in [0.15, 0.2) is 0 Å². The molecule has 0 aromatic rings. The number of carbonyl (C=O) groups excluding carboxylic acids is 4. The molecule has 16 heteroatoms. The lowest BCUT2D eigenvalue weighted by Gasteiger charge is -2.24. The zero-order chi connectivity index (χ0) is 52.5. The number of aldehydes is 1. The molecule has 0 aliphatic rings. The van der Waals surface area contributed by atoms with Gasteiger partial charge in [0.05, 0.1) is 25.7 Å². The number of esters is 2. The molecule has 0 spiro atoms. The zero-order valence-electron chi connectivity index (χ0n) is 45.4. The number of hydrogen-bond acceptors (Lipinski definition) is 12. The molecular formula is C55H108N3O12P. The highest BCUT2D eigenvalue weighted by Crippen LogP contribution is 2.35. The van der Waals surface area contributed by atoms with Gasteiger partial charge in [0.2, 0.25) is 5.91 Å². The molecule has 0 aromatic heterocycles. The molecule has 0 rings (SSSR count). The highest BCUT2D eigenvalue weighted by atomic mass is 31.2. The molecule has 15 nitrogen and oxygen atoms in total. The average Bonchev–Trinajstić information content (AvgIpc) is 3.32. The number of aliphatic hydroxyl groups excluding tert-OH is 2. The summed E-state index contributed by atoms with van der Waals surface area (Å²) in [6.45, 7) is 7.45. The Morgan fingerprint density at radius 3 is 1.63 bits per heavy atom. The Labute approximate surface area is 432 Å². The van der Waals surface area contributed by atoms with E-state index in [1.54, 1.807) is 0 Å². The predicted octanol–water partition coefficient (Wildman–Crippen LogP) is 11.7. The number of ether oxygens (including phenoxy) is 2. The predicted molar refractivity (Wildman–Crippen MR) is 286 cm³/mol. The van der Waals surface area contributed by atoms with Crippen molar-refractivity contribution in [2.24, 2.45) is 0 Å². The third kappa shape index (κ3) is 48.7. The van der Waals surface area contributed by atoms with Crippen molar-refractivity contribution in [2.45, 2.75) is 302 Å². The monoisotopic (exact) mass is 1030 g/mol. The molecule has 0 saturated carbocycles. The van der Waals surface area contributed by atoms with Crippen molar-refractivity contribution < 1.29 is 57.7 Å². The Hall–Kier alpha value is -1.97. The first-order valence-electron chi connectivity index (χ1n) is 29.0. The maximum Gasteiger partial charge on any atom is 0.469 e. The van der Waals surface area contributed by atoms with E-state index in [-0.39, 0.29) is 44.3 Å². The van der Waals surface area contributed by atoms with Crippen molar-refractivity contribution in [1.82, 2.24) is 16.0 Å². The minimum absolute atomic E-state index is 0.0751. The zero-order valence-corrected chi connectivity index (χ0v) is 46.3. The van der Waals surface area contributed by atoms with Gasteiger partial charge in [0.15, 0.2) is 0 Å². The number of nitrogens with one attached hydrogen (secondary N) is 3. The minimum Gasteiger partial charge on any atom is -0.464 e. The maximum atomic E-state index is 13.4. The summed E-state index contributed by atoms with van der Waals surface area (Å²) in [5, 5.41) is 30.6. The van der Waals surface area contributed by atoms with Gasteiger partial charge in [0, 0.05) is 38.3 Å². The lowest BCUT2D eigenvalue weighted by molar-refractivity contribution is -0.153. The van der Waals surface area contributed by atoms with Crippen molar-refractivity contribution in [2.75, 3.05) is 26.3 Å². The molecule has 1 amide bonds. The van der Waals surface area contributed by atoms with Crippen LogP contribution >= 0.6 is 7.82 Å². The van der Waals surface area contributed by atoms with E-state index in [4.69, 9.17) is 9.47 Å². The van der Waals surface area contributed by atoms with Crippen LogP contribution in [-0.2, 0) is 37.7 Å². The van der Waals surface area contributed by atoms with Crippen LogP contribution in [-0.4, -0.2) is 101 Å². The molecule has 71 heavy (non-hydrogen) atoms. The second-order valence-corrected chi connectivity index (χ2v) is 21.4. The van der Waals surface area contributed by atoms with Crippen LogP contribution in [0.2, 0.25) is 0 Å². The molecule has 5 atom stereocenters. The number of phosphoric ester groups is 1. The molecule has 7 N–H and O–H groups in total. The van der Waals surface area contributed by atoms with Gasteiger partial charge in [0.25, 0.3) is 0 Å². The van der Waals surface area contributed by atoms with Crippen LogP contribution in [0, 0.1) is 0 Å². The van der Waals surface area contributed by atoms with E-state index >= 15 is 0 Å². The Morgan fingerprint density at radius 2 is 1.10 bits per heavy atom. The number of amides is 1. The smallest absolute Gasteiger partial charge is 0.464 e. The van der Waals surface area contributed by atoms with Crippen molar-refractivity contribution in [3.05, 3.63) is 0 Å². The summed E-state index contributed by atoms with van der Waals surface area (Å²) in [6, 6.07) is -1.31. The van der Waals surface area contributed by atoms with E-state index < -0.39 is 50.8 Å². The molecule has 0 fully saturated rings. The number of unbranched alkanes of at least 4 members (excludes halogenated alkanes) is 27. The van der Waals surface area contributed by atoms with Gasteiger partial charge in [-0.05, 0) is 64.3 Å². The Morgan fingerprint density at radius 1 is 0.592 bits per heavy atom. The molecule has 0 aliphatic heterocycles. The SMILES string of the molecule is CCCCCCCCCCCC(=O)O[C@H](CCCCCCCCCCC)CC(=O)NC(CCOP(=O)(O)O)C(=O)OCCCCCNCC(CCCC=O)NC(O)C[C@H](O)CCCCCCCCCCC. The van der Waals surface area contributed by atoms with E-state index in [1.807, 2.05) is 0 Å². The van der Waals surface area contributed by atoms with Gasteiger partial charge in [0.1, 0.15) is 24.7 Å². The summed E-state index contributed by atoms with van der Waals surface area (Å²) in [6.07, 6.45) is 35.1. The van der Waals surface area contributed by atoms with E-state index in [0.29, 0.717) is 51.6 Å². The number of phosphoric acid groups is 1. The Bertz CT molecular complexity index is 1290. The summed E-state index contributed by atoms with van der Waals surface area (Å²) in [5.41, 5.74) is 0. The fourth-order valence-corrected chi connectivity index (χ4v) is 9.23. The summed E-state index contributed by atoms with van der Waals surface area (Å²) >= 11 is 0. The summed E-state index contributed by atoms with van der Waals surface area (Å²) in [5.74, 6) is -1.61. The van der Waals surface area contributed by atoms with Crippen LogP contribution in [0.25, 0.3) is 0 Å². The van der Waals surface area contributed by atoms with Gasteiger partial charge in [-0.1, -0.05) is 181 Å². The quantitative estimate of drug-likeness (QED) is 0.00988. The van der Waals surface area contributed by atoms with Crippen molar-refractivity contribution in [3.63, 3.8) is 0 Å². The normalized spacial score (nSPS) is 13.9. The second kappa shape index (κ2) is 50.2. The standard InChI is InChI=1S/C55H108N3O12P/c1-4-7-10-13-16-19-22-25-29-37-49(60)45-52(61)57-48(36-32-34-42-59)47-56-41-33-28-35-43-68-55(64)51(40-44-69-71(65,66)67)58-53(62)46-50(38-30-26-23-20-17-14-11-8-5-2)70-54(63)39-31-27-24-21-18-15-12-9-6-3/h42,48-52,56-57,60-61H,4-41,43-47H2,1-3H3,(H,58,62)(H2,65,66,67)/t48?,49-,50-,51?,52?/m1/s1. The lowest BCUT2D eigenvalue weighted by Crippen LogP contribution is -2.45. The Balaban J connectivity index is 5.04. The summed E-state index contributed by atoms with van der Waals surface area (Å²) in [7, 11) is -4.82. The van der Waals surface area contributed by atoms with Crippen LogP contribution < -0.4 is 16.0 Å². The second-order valence-electron chi connectivity index (χ2n) is 20.2. The third-order valence-electron chi connectivity index (χ3n) is 13.2. The number of carbonyl (C=O) groups is 4. The van der Waals surface area contributed by atoms with Crippen LogP contribution in [0.1, 0.15) is 271 Å². The molecule has 0 heterocycles. The van der Waals surface area contributed by atoms with Gasteiger partial charge in [-0.15, -0.1) is 0 Å². The average molecular weight is 1030 g/mol. The van der Waals surface area contributed by atoms with Gasteiger partial charge in [-0.3, -0.25) is 19.4 Å². The molecule has 0 bridgehead atoms. The molecule has 0 aliphatic carbocycles. The molecular weight excluding hydrogens is 926 g/mol. The summed E-state index contributed by atoms with van der Waals surface area (Å²) < 4.78 is 27.4. The largest absolute Gasteiger partial charge is 0.469 e. The topological polar surface area (TPSA) is 230 Å². The van der Waals surface area contributed by atoms with Gasteiger partial charge < -0.3 is 44.9 Å². The van der Waals surface area contributed by atoms with Gasteiger partial charge in [-0.25, -0.2) is 9.36 Å². The molecule has 0 aromatic carbocycles. The summed E-state index contributed by atoms with van der Waals surface area (Å²) in [4.78, 5) is 69.2. The first-order valence-corrected chi connectivity index (χ1v) is 30.5. The van der Waals surface area contributed by atoms with Crippen LogP contribution in [0.3, 0.4) is 0 Å². The van der Waals surface area contributed by atoms with Crippen molar-refractivity contribution >= 4 is 32.0 Å². The van der Waals surface area contributed by atoms with Crippen molar-refractivity contribution in [1.29, 1.82) is 0 Å². The molecule has 3 unspecified atom stereocenters. The van der Waals surface area contributed by atoms with Gasteiger partial charge in [-0.2, -0.15) is 0 Å². The Kier molecular flexibility index (Phi) is 48.8.